The first-order chi connectivity index (χ1) is 7.93. The molecule has 17 heavy (non-hydrogen) atoms. The SMILES string of the molecule is CC(C)[C@H](N)C(=O)N(Cc1cccs1)C(C)C. The van der Waals surface area contributed by atoms with Crippen LogP contribution in [0.1, 0.15) is 32.6 Å². The monoisotopic (exact) mass is 254 g/mol. The lowest BCUT2D eigenvalue weighted by molar-refractivity contribution is -0.135. The first-order valence-corrected chi connectivity index (χ1v) is 6.90. The zero-order valence-electron chi connectivity index (χ0n) is 11.0. The predicted octanol–water partition coefficient (Wildman–Crippen LogP) is 2.47. The van der Waals surface area contributed by atoms with Crippen LogP contribution in [0.5, 0.6) is 0 Å². The topological polar surface area (TPSA) is 46.3 Å². The zero-order valence-corrected chi connectivity index (χ0v) is 11.8. The third kappa shape index (κ3) is 3.82. The van der Waals surface area contributed by atoms with Crippen LogP contribution in [-0.2, 0) is 11.3 Å². The number of nitrogens with zero attached hydrogens (tertiary/aromatic N) is 1. The second kappa shape index (κ2) is 6.17. The van der Waals surface area contributed by atoms with E-state index in [0.717, 1.165) is 0 Å². The van der Waals surface area contributed by atoms with Gasteiger partial charge in [-0.25, -0.2) is 0 Å². The van der Waals surface area contributed by atoms with Crippen molar-refractivity contribution in [2.75, 3.05) is 0 Å². The summed E-state index contributed by atoms with van der Waals surface area (Å²) in [5.74, 6) is 0.218. The quantitative estimate of drug-likeness (QED) is 0.877. The van der Waals surface area contributed by atoms with Gasteiger partial charge in [-0.2, -0.15) is 0 Å². The van der Waals surface area contributed by atoms with E-state index in [1.807, 2.05) is 50.1 Å². The molecular formula is C13H22N2OS. The maximum atomic E-state index is 12.3. The number of nitrogens with two attached hydrogens (primary N) is 1. The first-order valence-electron chi connectivity index (χ1n) is 6.02. The number of carbonyl (C=O) groups is 1. The number of carbonyl (C=O) groups excluding carboxylic acids is 1. The molecular weight excluding hydrogens is 232 g/mol. The van der Waals surface area contributed by atoms with E-state index < -0.39 is 6.04 Å². The Morgan fingerprint density at radius 2 is 2.06 bits per heavy atom. The number of hydrogen-bond acceptors (Lipinski definition) is 3. The van der Waals surface area contributed by atoms with Gasteiger partial charge < -0.3 is 10.6 Å². The third-order valence-corrected chi connectivity index (χ3v) is 3.68. The summed E-state index contributed by atoms with van der Waals surface area (Å²) >= 11 is 1.67. The fourth-order valence-electron chi connectivity index (χ4n) is 1.56. The molecule has 0 aliphatic heterocycles. The average Bonchev–Trinajstić information content (AvgIpc) is 2.76. The Morgan fingerprint density at radius 3 is 2.47 bits per heavy atom. The van der Waals surface area contributed by atoms with Gasteiger partial charge in [-0.15, -0.1) is 11.3 Å². The van der Waals surface area contributed by atoms with Crippen LogP contribution in [0.4, 0.5) is 0 Å². The van der Waals surface area contributed by atoms with Gasteiger partial charge in [-0.3, -0.25) is 4.79 Å². The summed E-state index contributed by atoms with van der Waals surface area (Å²) in [6.07, 6.45) is 0. The lowest BCUT2D eigenvalue weighted by Gasteiger charge is -2.30. The van der Waals surface area contributed by atoms with Crippen LogP contribution < -0.4 is 5.73 Å². The van der Waals surface area contributed by atoms with Gasteiger partial charge in [-0.1, -0.05) is 19.9 Å². The Labute approximate surface area is 108 Å². The molecule has 1 aromatic heterocycles. The van der Waals surface area contributed by atoms with Crippen molar-refractivity contribution in [3.05, 3.63) is 22.4 Å². The van der Waals surface area contributed by atoms with Crippen LogP contribution in [0.2, 0.25) is 0 Å². The lowest BCUT2D eigenvalue weighted by atomic mass is 10.0. The number of amides is 1. The van der Waals surface area contributed by atoms with Gasteiger partial charge in [0, 0.05) is 10.9 Å². The summed E-state index contributed by atoms with van der Waals surface area (Å²) in [6, 6.07) is 3.83. The predicted molar refractivity (Wildman–Crippen MR) is 72.8 cm³/mol. The van der Waals surface area contributed by atoms with Crippen LogP contribution in [-0.4, -0.2) is 22.9 Å². The van der Waals surface area contributed by atoms with E-state index in [4.69, 9.17) is 5.73 Å². The summed E-state index contributed by atoms with van der Waals surface area (Å²) < 4.78 is 0. The van der Waals surface area contributed by atoms with E-state index >= 15 is 0 Å². The Kier molecular flexibility index (Phi) is 5.15. The van der Waals surface area contributed by atoms with Crippen LogP contribution in [0, 0.1) is 5.92 Å². The highest BCUT2D eigenvalue weighted by molar-refractivity contribution is 7.09. The minimum Gasteiger partial charge on any atom is -0.334 e. The second-order valence-electron chi connectivity index (χ2n) is 4.91. The summed E-state index contributed by atoms with van der Waals surface area (Å²) in [6.45, 7) is 8.67. The Hall–Kier alpha value is -0.870. The van der Waals surface area contributed by atoms with Crippen molar-refractivity contribution in [3.8, 4) is 0 Å². The van der Waals surface area contributed by atoms with Gasteiger partial charge >= 0.3 is 0 Å². The molecule has 96 valence electrons. The first kappa shape index (κ1) is 14.2. The fraction of sp³-hybridized carbons (Fsp3) is 0.615. The van der Waals surface area contributed by atoms with E-state index in [-0.39, 0.29) is 17.9 Å². The highest BCUT2D eigenvalue weighted by Crippen LogP contribution is 2.16. The third-order valence-electron chi connectivity index (χ3n) is 2.82. The molecule has 0 aromatic carbocycles. The molecule has 1 aromatic rings. The summed E-state index contributed by atoms with van der Waals surface area (Å²) in [7, 11) is 0. The standard InChI is InChI=1S/C13H22N2OS/c1-9(2)12(14)13(16)15(10(3)4)8-11-6-5-7-17-11/h5-7,9-10,12H,8,14H2,1-4H3/t12-/m0/s1. The van der Waals surface area contributed by atoms with Crippen molar-refractivity contribution in [2.45, 2.75) is 46.3 Å². The molecule has 2 N–H and O–H groups in total. The van der Waals surface area contributed by atoms with Crippen LogP contribution >= 0.6 is 11.3 Å². The molecule has 0 radical (unpaired) electrons. The number of thiophene rings is 1. The molecule has 1 atom stereocenters. The van der Waals surface area contributed by atoms with Gasteiger partial charge in [0.05, 0.1) is 12.6 Å². The van der Waals surface area contributed by atoms with E-state index in [9.17, 15) is 4.79 Å². The summed E-state index contributed by atoms with van der Waals surface area (Å²) in [5, 5.41) is 2.03. The smallest absolute Gasteiger partial charge is 0.240 e. The van der Waals surface area contributed by atoms with Crippen molar-refractivity contribution >= 4 is 17.2 Å². The van der Waals surface area contributed by atoms with Crippen molar-refractivity contribution in [3.63, 3.8) is 0 Å². The highest BCUT2D eigenvalue weighted by atomic mass is 32.1. The maximum Gasteiger partial charge on any atom is 0.240 e. The minimum absolute atomic E-state index is 0.0448. The van der Waals surface area contributed by atoms with Crippen molar-refractivity contribution in [1.29, 1.82) is 0 Å². The second-order valence-corrected chi connectivity index (χ2v) is 5.94. The van der Waals surface area contributed by atoms with Crippen LogP contribution in [0.25, 0.3) is 0 Å². The van der Waals surface area contributed by atoms with Crippen LogP contribution in [0.3, 0.4) is 0 Å². The Bertz CT molecular complexity index is 346. The summed E-state index contributed by atoms with van der Waals surface area (Å²) in [4.78, 5) is 15.3. The molecule has 1 heterocycles. The molecule has 1 amide bonds. The van der Waals surface area contributed by atoms with Gasteiger partial charge in [0.2, 0.25) is 5.91 Å². The molecule has 0 spiro atoms. The Balaban J connectivity index is 2.76. The molecule has 0 saturated heterocycles. The lowest BCUT2D eigenvalue weighted by Crippen LogP contribution is -2.48. The Morgan fingerprint density at radius 1 is 1.41 bits per heavy atom. The van der Waals surface area contributed by atoms with Crippen molar-refractivity contribution < 1.29 is 4.79 Å². The molecule has 3 nitrogen and oxygen atoms in total. The van der Waals surface area contributed by atoms with Gasteiger partial charge in [0.1, 0.15) is 0 Å². The molecule has 0 aliphatic carbocycles. The zero-order chi connectivity index (χ0) is 13.0. The normalized spacial score (nSPS) is 13.1. The molecule has 0 aliphatic rings. The molecule has 0 saturated carbocycles. The molecule has 1 rings (SSSR count). The van der Waals surface area contributed by atoms with Gasteiger partial charge in [0.15, 0.2) is 0 Å². The maximum absolute atomic E-state index is 12.3. The number of hydrogen-bond donors (Lipinski definition) is 1. The van der Waals surface area contributed by atoms with Crippen LogP contribution in [0.15, 0.2) is 17.5 Å². The van der Waals surface area contributed by atoms with Gasteiger partial charge in [0.25, 0.3) is 0 Å². The average molecular weight is 254 g/mol. The molecule has 0 bridgehead atoms. The van der Waals surface area contributed by atoms with E-state index in [1.54, 1.807) is 11.3 Å². The van der Waals surface area contributed by atoms with E-state index in [1.165, 1.54) is 4.88 Å². The largest absolute Gasteiger partial charge is 0.334 e. The molecule has 0 fully saturated rings. The van der Waals surface area contributed by atoms with Crippen molar-refractivity contribution in [1.82, 2.24) is 4.90 Å². The molecule has 4 heteroatoms. The summed E-state index contributed by atoms with van der Waals surface area (Å²) in [5.41, 5.74) is 5.94. The minimum atomic E-state index is -0.405. The van der Waals surface area contributed by atoms with E-state index in [0.29, 0.717) is 6.54 Å². The highest BCUT2D eigenvalue weighted by Gasteiger charge is 2.25. The molecule has 0 unspecified atom stereocenters. The van der Waals surface area contributed by atoms with Crippen molar-refractivity contribution in [2.24, 2.45) is 11.7 Å². The fourth-order valence-corrected chi connectivity index (χ4v) is 2.26. The van der Waals surface area contributed by atoms with E-state index in [2.05, 4.69) is 0 Å². The number of rotatable bonds is 5. The van der Waals surface area contributed by atoms with Gasteiger partial charge in [-0.05, 0) is 31.2 Å².